The van der Waals surface area contributed by atoms with Crippen LogP contribution in [-0.4, -0.2) is 25.0 Å². The van der Waals surface area contributed by atoms with E-state index in [2.05, 4.69) is 50.8 Å². The molecule has 3 nitrogen and oxygen atoms in total. The average molecular weight is 325 g/mol. The first-order valence-corrected chi connectivity index (χ1v) is 7.74. The average Bonchev–Trinajstić information content (AvgIpc) is 2.32. The number of nitrogens with one attached hydrogen (secondary N) is 2. The maximum atomic E-state index is 11.3. The fourth-order valence-corrected chi connectivity index (χ4v) is 2.91. The minimum atomic E-state index is 0.137. The zero-order valence-corrected chi connectivity index (χ0v) is 12.9. The first kappa shape index (κ1) is 14.5. The van der Waals surface area contributed by atoms with Gasteiger partial charge in [0.2, 0.25) is 5.91 Å². The van der Waals surface area contributed by atoms with E-state index in [4.69, 9.17) is 0 Å². The van der Waals surface area contributed by atoms with Crippen LogP contribution < -0.4 is 10.6 Å². The molecular weight excluding hydrogens is 304 g/mol. The van der Waals surface area contributed by atoms with Gasteiger partial charge in [0.1, 0.15) is 0 Å². The maximum Gasteiger partial charge on any atom is 0.221 e. The summed E-state index contributed by atoms with van der Waals surface area (Å²) in [6, 6.07) is 9.12. The van der Waals surface area contributed by atoms with E-state index >= 15 is 0 Å². The first-order chi connectivity index (χ1) is 9.19. The lowest BCUT2D eigenvalue weighted by Crippen LogP contribution is -2.41. The fourth-order valence-electron chi connectivity index (χ4n) is 2.49. The Morgan fingerprint density at radius 1 is 1.42 bits per heavy atom. The van der Waals surface area contributed by atoms with Crippen molar-refractivity contribution in [3.8, 4) is 0 Å². The van der Waals surface area contributed by atoms with E-state index in [9.17, 15) is 4.79 Å². The van der Waals surface area contributed by atoms with Crippen LogP contribution in [0, 0.1) is 0 Å². The highest BCUT2D eigenvalue weighted by Crippen LogP contribution is 2.37. The zero-order valence-electron chi connectivity index (χ0n) is 11.3. The van der Waals surface area contributed by atoms with Gasteiger partial charge in [0.25, 0.3) is 0 Å². The molecule has 1 fully saturated rings. The molecule has 1 saturated carbocycles. The normalized spacial score (nSPS) is 21.8. The van der Waals surface area contributed by atoms with E-state index in [-0.39, 0.29) is 5.91 Å². The molecule has 0 unspecified atom stereocenters. The lowest BCUT2D eigenvalue weighted by molar-refractivity contribution is -0.120. The number of hydrogen-bond donors (Lipinski definition) is 2. The Morgan fingerprint density at radius 3 is 2.89 bits per heavy atom. The van der Waals surface area contributed by atoms with E-state index in [1.807, 2.05) is 6.92 Å². The summed E-state index contributed by atoms with van der Waals surface area (Å²) in [6.45, 7) is 3.44. The van der Waals surface area contributed by atoms with Gasteiger partial charge < -0.3 is 10.6 Å². The molecule has 0 atom stereocenters. The smallest absolute Gasteiger partial charge is 0.221 e. The maximum absolute atomic E-state index is 11.3. The Morgan fingerprint density at radius 2 is 2.21 bits per heavy atom. The molecule has 2 rings (SSSR count). The summed E-state index contributed by atoms with van der Waals surface area (Å²) in [6.07, 6.45) is 2.92. The molecule has 1 aliphatic rings. The second-order valence-electron chi connectivity index (χ2n) is 5.08. The van der Waals surface area contributed by atoms with Crippen LogP contribution in [0.2, 0.25) is 0 Å². The van der Waals surface area contributed by atoms with E-state index < -0.39 is 0 Å². The molecule has 0 aromatic heterocycles. The molecule has 1 aromatic carbocycles. The van der Waals surface area contributed by atoms with Gasteiger partial charge in [-0.05, 0) is 43.4 Å². The first-order valence-electron chi connectivity index (χ1n) is 6.94. The molecule has 19 heavy (non-hydrogen) atoms. The Labute approximate surface area is 123 Å². The van der Waals surface area contributed by atoms with Gasteiger partial charge in [0.15, 0.2) is 0 Å². The molecule has 2 N–H and O–H groups in total. The highest BCUT2D eigenvalue weighted by Gasteiger charge is 2.29. The Bertz CT molecular complexity index is 430. The van der Waals surface area contributed by atoms with Crippen LogP contribution in [0.25, 0.3) is 0 Å². The van der Waals surface area contributed by atoms with Gasteiger partial charge in [-0.15, -0.1) is 0 Å². The molecule has 4 heteroatoms. The monoisotopic (exact) mass is 324 g/mol. The van der Waals surface area contributed by atoms with Crippen molar-refractivity contribution in [3.05, 3.63) is 34.3 Å². The number of benzene rings is 1. The minimum Gasteiger partial charge on any atom is -0.356 e. The van der Waals surface area contributed by atoms with Gasteiger partial charge >= 0.3 is 0 Å². The number of carbonyl (C=O) groups excluding carboxylic acids is 1. The molecule has 1 aromatic rings. The van der Waals surface area contributed by atoms with E-state index in [1.54, 1.807) is 0 Å². The van der Waals surface area contributed by atoms with Crippen LogP contribution in [0.5, 0.6) is 0 Å². The van der Waals surface area contributed by atoms with E-state index in [0.717, 1.165) is 11.0 Å². The summed E-state index contributed by atoms with van der Waals surface area (Å²) in [5.74, 6) is 0.803. The summed E-state index contributed by atoms with van der Waals surface area (Å²) in [5, 5.41) is 6.26. The lowest BCUT2D eigenvalue weighted by Gasteiger charge is -2.36. The molecule has 0 bridgehead atoms. The fraction of sp³-hybridized carbons (Fsp3) is 0.533. The second-order valence-corrected chi connectivity index (χ2v) is 5.99. The summed E-state index contributed by atoms with van der Waals surface area (Å²) < 4.78 is 1.15. The molecule has 0 spiro atoms. The third-order valence-corrected chi connectivity index (χ3v) is 4.11. The Balaban J connectivity index is 1.65. The molecule has 0 aliphatic heterocycles. The Hall–Kier alpha value is -0.870. The van der Waals surface area contributed by atoms with Crippen molar-refractivity contribution in [1.29, 1.82) is 0 Å². The summed E-state index contributed by atoms with van der Waals surface area (Å²) in [5.41, 5.74) is 1.41. The van der Waals surface area contributed by atoms with Crippen molar-refractivity contribution in [1.82, 2.24) is 10.6 Å². The van der Waals surface area contributed by atoms with Gasteiger partial charge in [0, 0.05) is 30.0 Å². The third kappa shape index (κ3) is 4.32. The molecule has 0 radical (unpaired) electrons. The van der Waals surface area contributed by atoms with Crippen molar-refractivity contribution in [3.63, 3.8) is 0 Å². The second kappa shape index (κ2) is 7.06. The minimum absolute atomic E-state index is 0.137. The van der Waals surface area contributed by atoms with Crippen LogP contribution in [0.15, 0.2) is 28.7 Å². The van der Waals surface area contributed by atoms with Gasteiger partial charge in [-0.1, -0.05) is 28.1 Å². The summed E-state index contributed by atoms with van der Waals surface area (Å²) >= 11 is 3.51. The zero-order chi connectivity index (χ0) is 13.7. The van der Waals surface area contributed by atoms with Crippen LogP contribution in [-0.2, 0) is 4.79 Å². The standard InChI is InChI=1S/C15H21BrN2O/c1-2-17-15(19)6-7-18-14-9-12(10-14)11-4-3-5-13(16)8-11/h3-5,8,12,14,18H,2,6-7,9-10H2,1H3,(H,17,19). The summed E-state index contributed by atoms with van der Waals surface area (Å²) in [7, 11) is 0. The number of carbonyl (C=O) groups is 1. The van der Waals surface area contributed by atoms with Crippen molar-refractivity contribution < 1.29 is 4.79 Å². The molecular formula is C15H21BrN2O. The van der Waals surface area contributed by atoms with Crippen LogP contribution in [0.3, 0.4) is 0 Å². The molecule has 104 valence electrons. The van der Waals surface area contributed by atoms with Gasteiger partial charge in [-0.25, -0.2) is 0 Å². The quantitative estimate of drug-likeness (QED) is 0.844. The third-order valence-electron chi connectivity index (χ3n) is 3.62. The summed E-state index contributed by atoms with van der Waals surface area (Å²) in [4.78, 5) is 11.3. The largest absolute Gasteiger partial charge is 0.356 e. The highest BCUT2D eigenvalue weighted by atomic mass is 79.9. The van der Waals surface area contributed by atoms with Gasteiger partial charge in [-0.3, -0.25) is 4.79 Å². The topological polar surface area (TPSA) is 41.1 Å². The Kier molecular flexibility index (Phi) is 5.40. The van der Waals surface area contributed by atoms with Crippen LogP contribution in [0.1, 0.15) is 37.7 Å². The SMILES string of the molecule is CCNC(=O)CCNC1CC(c2cccc(Br)c2)C1. The van der Waals surface area contributed by atoms with Crippen molar-refractivity contribution in [2.45, 2.75) is 38.1 Å². The van der Waals surface area contributed by atoms with Crippen LogP contribution in [0.4, 0.5) is 0 Å². The van der Waals surface area contributed by atoms with Gasteiger partial charge in [-0.2, -0.15) is 0 Å². The molecule has 0 heterocycles. The number of halogens is 1. The predicted octanol–water partition coefficient (Wildman–Crippen LogP) is 2.81. The van der Waals surface area contributed by atoms with Crippen molar-refractivity contribution in [2.24, 2.45) is 0 Å². The van der Waals surface area contributed by atoms with E-state index in [0.29, 0.717) is 24.9 Å². The molecule has 0 saturated heterocycles. The van der Waals surface area contributed by atoms with Crippen LogP contribution >= 0.6 is 15.9 Å². The lowest BCUT2D eigenvalue weighted by atomic mass is 9.76. The van der Waals surface area contributed by atoms with Crippen molar-refractivity contribution >= 4 is 21.8 Å². The molecule has 1 amide bonds. The molecule has 1 aliphatic carbocycles. The number of rotatable bonds is 6. The van der Waals surface area contributed by atoms with E-state index in [1.165, 1.54) is 18.4 Å². The van der Waals surface area contributed by atoms with Gasteiger partial charge in [0.05, 0.1) is 0 Å². The highest BCUT2D eigenvalue weighted by molar-refractivity contribution is 9.10. The number of hydrogen-bond acceptors (Lipinski definition) is 2. The van der Waals surface area contributed by atoms with Crippen molar-refractivity contribution in [2.75, 3.05) is 13.1 Å². The predicted molar refractivity (Wildman–Crippen MR) is 81.2 cm³/mol. The number of amides is 1.